The van der Waals surface area contributed by atoms with E-state index in [0.29, 0.717) is 49.3 Å². The van der Waals surface area contributed by atoms with E-state index >= 15 is 0 Å². The van der Waals surface area contributed by atoms with E-state index in [1.807, 2.05) is 91.0 Å². The van der Waals surface area contributed by atoms with Gasteiger partial charge in [0.25, 0.3) is 0 Å². The van der Waals surface area contributed by atoms with E-state index in [-0.39, 0.29) is 47.0 Å². The van der Waals surface area contributed by atoms with Crippen molar-refractivity contribution in [2.45, 2.75) is 0 Å². The summed E-state index contributed by atoms with van der Waals surface area (Å²) in [6.45, 7) is 0. The van der Waals surface area contributed by atoms with Crippen molar-refractivity contribution in [3.8, 4) is 56.7 Å². The molecule has 0 unspecified atom stereocenters. The summed E-state index contributed by atoms with van der Waals surface area (Å²) in [5.74, 6) is 1.31. The summed E-state index contributed by atoms with van der Waals surface area (Å²) in [5.41, 5.74) is 8.73. The van der Waals surface area contributed by atoms with E-state index in [0.717, 1.165) is 60.4 Å². The molecule has 0 fully saturated rings. The van der Waals surface area contributed by atoms with Gasteiger partial charge in [-0.05, 0) is 48.5 Å². The molecule has 6 heteroatoms. The molecule has 294 valence electrons. The van der Waals surface area contributed by atoms with Gasteiger partial charge < -0.3 is 9.13 Å². The van der Waals surface area contributed by atoms with Crippen LogP contribution in [0.4, 0.5) is 0 Å². The molecule has 0 saturated carbocycles. The standard InChI is InChI=1S/C57H35N5S/c1-3-17-36(18-4-1)55-58-56(37-33-34-42-41-23-7-11-29-48(41)61(51(42)35-37)38-19-5-2-6-20-38)60-57(59-55)47-28-15-25-44(46-27-16-26-45-43-24-10-14-32-52(43)63-54(45)46)53(47)62-49-30-12-8-21-39(49)40-22-9-13-31-50(40)62/h1-35H/i10D,16D,24D,26D,27D,32D. The Labute approximate surface area is 374 Å². The van der Waals surface area contributed by atoms with Crippen molar-refractivity contribution >= 4 is 75.1 Å². The molecule has 0 radical (unpaired) electrons. The minimum atomic E-state index is -0.311. The highest BCUT2D eigenvalue weighted by molar-refractivity contribution is 7.26. The highest BCUT2D eigenvalue weighted by Crippen LogP contribution is 2.46. The van der Waals surface area contributed by atoms with Crippen molar-refractivity contribution in [1.82, 2.24) is 24.1 Å². The molecule has 4 aromatic heterocycles. The fourth-order valence-corrected chi connectivity index (χ4v) is 10.3. The number of hydrogen-bond donors (Lipinski definition) is 0. The van der Waals surface area contributed by atoms with Gasteiger partial charge in [0.2, 0.25) is 0 Å². The second-order valence-corrected chi connectivity index (χ2v) is 16.5. The normalized spacial score (nSPS) is 13.1. The third kappa shape index (κ3) is 5.59. The second-order valence-electron chi connectivity index (χ2n) is 15.5. The Morgan fingerprint density at radius 3 is 1.70 bits per heavy atom. The zero-order chi connectivity index (χ0) is 46.7. The number of nitrogens with zero attached hydrogens (tertiary/aromatic N) is 5. The highest BCUT2D eigenvalue weighted by Gasteiger charge is 2.24. The summed E-state index contributed by atoms with van der Waals surface area (Å²) < 4.78 is 60.0. The van der Waals surface area contributed by atoms with E-state index < -0.39 is 0 Å². The predicted molar refractivity (Wildman–Crippen MR) is 263 cm³/mol. The maximum Gasteiger partial charge on any atom is 0.166 e. The lowest BCUT2D eigenvalue weighted by Crippen LogP contribution is -2.05. The van der Waals surface area contributed by atoms with Crippen LogP contribution in [0.15, 0.2) is 212 Å². The van der Waals surface area contributed by atoms with Crippen molar-refractivity contribution in [3.63, 3.8) is 0 Å². The molecule has 0 atom stereocenters. The van der Waals surface area contributed by atoms with E-state index in [2.05, 4.69) is 88.0 Å². The van der Waals surface area contributed by atoms with Crippen LogP contribution in [-0.4, -0.2) is 24.1 Å². The molecule has 13 aromatic rings. The molecule has 63 heavy (non-hydrogen) atoms. The Kier molecular flexibility index (Phi) is 6.75. The lowest BCUT2D eigenvalue weighted by Gasteiger charge is -2.19. The van der Waals surface area contributed by atoms with Crippen molar-refractivity contribution < 1.29 is 8.22 Å². The maximum atomic E-state index is 9.70. The minimum absolute atomic E-state index is 0.0560. The van der Waals surface area contributed by atoms with Gasteiger partial charge in [0.1, 0.15) is 0 Å². The quantitative estimate of drug-likeness (QED) is 0.168. The van der Waals surface area contributed by atoms with Crippen LogP contribution in [0.2, 0.25) is 0 Å². The van der Waals surface area contributed by atoms with Crippen LogP contribution in [-0.2, 0) is 0 Å². The molecule has 0 spiro atoms. The number of aromatic nitrogens is 5. The van der Waals surface area contributed by atoms with Gasteiger partial charge in [-0.25, -0.2) is 15.0 Å². The van der Waals surface area contributed by atoms with Gasteiger partial charge in [0.15, 0.2) is 17.5 Å². The molecule has 0 bridgehead atoms. The maximum absolute atomic E-state index is 9.70. The Hall–Kier alpha value is -8.19. The third-order valence-electron chi connectivity index (χ3n) is 11.9. The highest BCUT2D eigenvalue weighted by atomic mass is 32.1. The number of hydrogen-bond acceptors (Lipinski definition) is 4. The molecule has 0 N–H and O–H groups in total. The minimum Gasteiger partial charge on any atom is -0.309 e. The first-order valence-corrected chi connectivity index (χ1v) is 21.5. The van der Waals surface area contributed by atoms with Crippen LogP contribution in [0.1, 0.15) is 8.22 Å². The van der Waals surface area contributed by atoms with Gasteiger partial charge in [-0.1, -0.05) is 164 Å². The first-order valence-electron chi connectivity index (χ1n) is 23.7. The molecule has 0 saturated heterocycles. The van der Waals surface area contributed by atoms with Gasteiger partial charge >= 0.3 is 0 Å². The summed E-state index contributed by atoms with van der Waals surface area (Å²) in [5, 5.41) is 4.81. The average Bonchev–Trinajstić information content (AvgIpc) is 4.06. The van der Waals surface area contributed by atoms with Gasteiger partial charge in [0.05, 0.1) is 36.0 Å². The van der Waals surface area contributed by atoms with E-state index in [1.165, 1.54) is 17.4 Å². The molecule has 9 aromatic carbocycles. The van der Waals surface area contributed by atoms with Crippen molar-refractivity contribution in [1.29, 1.82) is 0 Å². The largest absolute Gasteiger partial charge is 0.309 e. The van der Waals surface area contributed by atoms with Gasteiger partial charge in [0, 0.05) is 75.2 Å². The summed E-state index contributed by atoms with van der Waals surface area (Å²) in [7, 11) is 0. The van der Waals surface area contributed by atoms with Crippen LogP contribution < -0.4 is 0 Å². The zero-order valence-electron chi connectivity index (χ0n) is 39.4. The fraction of sp³-hybridized carbons (Fsp3) is 0. The van der Waals surface area contributed by atoms with Gasteiger partial charge in [-0.3, -0.25) is 0 Å². The number of fused-ring (bicyclic) bond motifs is 9. The smallest absolute Gasteiger partial charge is 0.166 e. The SMILES string of the molecule is [2H]c1cc([2H])c2sc3c(-c4cccc(-c5nc(-c6ccccc6)nc(-c6ccc7c8ccccc8n(-c8ccccc8)c7c6)n5)c4-n4c5ccccc5c5ccccc54)c([2H])c([2H])c([2H])c3c2c1[2H]. The third-order valence-corrected chi connectivity index (χ3v) is 13.1. The summed E-state index contributed by atoms with van der Waals surface area (Å²) >= 11 is 1.22. The number of rotatable bonds is 6. The van der Waals surface area contributed by atoms with Crippen LogP contribution in [0.25, 0.3) is 120 Å². The molecular weight excluding hydrogens is 787 g/mol. The van der Waals surface area contributed by atoms with Crippen LogP contribution >= 0.6 is 11.3 Å². The summed E-state index contributed by atoms with van der Waals surface area (Å²) in [4.78, 5) is 15.9. The first kappa shape index (κ1) is 29.9. The van der Waals surface area contributed by atoms with Gasteiger partial charge in [-0.2, -0.15) is 0 Å². The molecule has 0 aliphatic rings. The van der Waals surface area contributed by atoms with Crippen LogP contribution in [0.3, 0.4) is 0 Å². The summed E-state index contributed by atoms with van der Waals surface area (Å²) in [6, 6.07) is 57.6. The first-order chi connectivity index (χ1) is 33.7. The lowest BCUT2D eigenvalue weighted by molar-refractivity contribution is 1.06. The molecule has 13 rings (SSSR count). The fourth-order valence-electron chi connectivity index (χ4n) is 9.20. The number of benzene rings is 9. The van der Waals surface area contributed by atoms with E-state index in [9.17, 15) is 4.11 Å². The zero-order valence-corrected chi connectivity index (χ0v) is 34.2. The summed E-state index contributed by atoms with van der Waals surface area (Å²) in [6.07, 6.45) is 0. The van der Waals surface area contributed by atoms with E-state index in [4.69, 9.17) is 19.1 Å². The number of thiophene rings is 1. The molecular formula is C57H35N5S. The Bertz CT molecular complexity index is 4220. The predicted octanol–water partition coefficient (Wildman–Crippen LogP) is 15.1. The van der Waals surface area contributed by atoms with Crippen molar-refractivity contribution in [3.05, 3.63) is 212 Å². The van der Waals surface area contributed by atoms with Crippen molar-refractivity contribution in [2.75, 3.05) is 0 Å². The Morgan fingerprint density at radius 1 is 0.381 bits per heavy atom. The molecule has 0 aliphatic carbocycles. The van der Waals surface area contributed by atoms with Crippen molar-refractivity contribution in [2.24, 2.45) is 0 Å². The average molecular weight is 828 g/mol. The Morgan fingerprint density at radius 2 is 0.968 bits per heavy atom. The van der Waals surface area contributed by atoms with Crippen LogP contribution in [0, 0.1) is 0 Å². The second kappa shape index (κ2) is 14.2. The van der Waals surface area contributed by atoms with Crippen LogP contribution in [0.5, 0.6) is 0 Å². The molecule has 0 aliphatic heterocycles. The van der Waals surface area contributed by atoms with Gasteiger partial charge in [-0.15, -0.1) is 11.3 Å². The monoisotopic (exact) mass is 827 g/mol. The van der Waals surface area contributed by atoms with E-state index in [1.54, 1.807) is 0 Å². The molecule has 0 amide bonds. The number of para-hydroxylation sites is 5. The lowest BCUT2D eigenvalue weighted by atomic mass is 9.97. The topological polar surface area (TPSA) is 48.5 Å². The molecule has 4 heterocycles. The Balaban J connectivity index is 1.15. The molecule has 5 nitrogen and oxygen atoms in total.